The van der Waals surface area contributed by atoms with Crippen LogP contribution in [0.5, 0.6) is 0 Å². The van der Waals surface area contributed by atoms with E-state index in [2.05, 4.69) is 5.10 Å². The lowest BCUT2D eigenvalue weighted by molar-refractivity contribution is -0.385. The van der Waals surface area contributed by atoms with Crippen LogP contribution in [-0.4, -0.2) is 20.7 Å². The van der Waals surface area contributed by atoms with Crippen molar-refractivity contribution in [2.45, 2.75) is 32.4 Å². The molecular weight excluding hydrogens is 275 g/mol. The highest BCUT2D eigenvalue weighted by Gasteiger charge is 2.15. The molecule has 6 nitrogen and oxygen atoms in total. The van der Waals surface area contributed by atoms with Gasteiger partial charge in [-0.05, 0) is 30.5 Å². The first-order valence-electron chi connectivity index (χ1n) is 6.69. The maximum Gasteiger partial charge on any atom is 0.274 e. The number of nitro groups is 1. The largest absolute Gasteiger partial charge is 0.327 e. The van der Waals surface area contributed by atoms with Crippen LogP contribution in [0.3, 0.4) is 0 Å². The molecule has 0 saturated carbocycles. The minimum Gasteiger partial charge on any atom is -0.327 e. The number of hydrogen-bond acceptors (Lipinski definition) is 4. The van der Waals surface area contributed by atoms with Gasteiger partial charge in [0.05, 0.1) is 23.2 Å². The molecule has 21 heavy (non-hydrogen) atoms. The Bertz CT molecular complexity index is 642. The number of hydrogen-bond donors (Lipinski definition) is 1. The fourth-order valence-electron chi connectivity index (χ4n) is 2.08. The van der Waals surface area contributed by atoms with Gasteiger partial charge < -0.3 is 5.73 Å². The fraction of sp³-hybridized carbons (Fsp3) is 0.357. The van der Waals surface area contributed by atoms with E-state index in [9.17, 15) is 14.5 Å². The molecule has 0 bridgehead atoms. The van der Waals surface area contributed by atoms with E-state index in [1.165, 1.54) is 6.07 Å². The maximum absolute atomic E-state index is 13.3. The van der Waals surface area contributed by atoms with Crippen molar-refractivity contribution in [2.24, 2.45) is 5.73 Å². The lowest BCUT2D eigenvalue weighted by Crippen LogP contribution is -2.21. The maximum atomic E-state index is 13.3. The van der Waals surface area contributed by atoms with Crippen molar-refractivity contribution in [3.63, 3.8) is 0 Å². The van der Waals surface area contributed by atoms with Gasteiger partial charge in [-0.3, -0.25) is 14.8 Å². The number of nitro benzene ring substituents is 1. The third-order valence-corrected chi connectivity index (χ3v) is 3.28. The number of nitrogens with two attached hydrogens (primary N) is 1. The Kier molecular flexibility index (Phi) is 4.64. The van der Waals surface area contributed by atoms with Crippen molar-refractivity contribution < 1.29 is 9.31 Å². The van der Waals surface area contributed by atoms with Gasteiger partial charge in [-0.25, -0.2) is 4.39 Å². The molecule has 1 heterocycles. The van der Waals surface area contributed by atoms with Crippen molar-refractivity contribution in [3.05, 3.63) is 57.7 Å². The van der Waals surface area contributed by atoms with Gasteiger partial charge in [-0.2, -0.15) is 5.10 Å². The van der Waals surface area contributed by atoms with Crippen LogP contribution in [0.4, 0.5) is 10.1 Å². The average Bonchev–Trinajstić information content (AvgIpc) is 2.85. The number of benzene rings is 1. The lowest BCUT2D eigenvalue weighted by Gasteiger charge is -2.05. The van der Waals surface area contributed by atoms with Gasteiger partial charge in [0.25, 0.3) is 5.69 Å². The number of halogens is 1. The molecule has 0 aliphatic rings. The summed E-state index contributed by atoms with van der Waals surface area (Å²) in [7, 11) is 0. The molecule has 0 spiro atoms. The highest BCUT2D eigenvalue weighted by Crippen LogP contribution is 2.20. The van der Waals surface area contributed by atoms with Gasteiger partial charge in [0.1, 0.15) is 5.82 Å². The summed E-state index contributed by atoms with van der Waals surface area (Å²) in [4.78, 5) is 10.4. The smallest absolute Gasteiger partial charge is 0.274 e. The van der Waals surface area contributed by atoms with Gasteiger partial charge in [0.2, 0.25) is 0 Å². The van der Waals surface area contributed by atoms with E-state index in [1.807, 2.05) is 6.92 Å². The van der Waals surface area contributed by atoms with Crippen LogP contribution >= 0.6 is 0 Å². The highest BCUT2D eigenvalue weighted by atomic mass is 19.1. The first-order chi connectivity index (χ1) is 9.99. The Morgan fingerprint density at radius 3 is 2.95 bits per heavy atom. The van der Waals surface area contributed by atoms with Crippen molar-refractivity contribution >= 4 is 5.69 Å². The predicted octanol–water partition coefficient (Wildman–Crippen LogP) is 2.26. The van der Waals surface area contributed by atoms with Crippen LogP contribution < -0.4 is 5.73 Å². The molecule has 2 aromatic rings. The number of nitrogens with zero attached hydrogens (tertiary/aromatic N) is 3. The summed E-state index contributed by atoms with van der Waals surface area (Å²) in [6.07, 6.45) is 5.02. The van der Waals surface area contributed by atoms with E-state index in [0.717, 1.165) is 24.1 Å². The average molecular weight is 292 g/mol. The fourth-order valence-corrected chi connectivity index (χ4v) is 2.08. The standard InChI is InChI=1S/C14H17FN4O2/c1-2-13(16)5-10-7-17-18(8-10)9-11-6-12(15)3-4-14(11)19(20)21/h3-4,6-8,13H,2,5,9,16H2,1H3. The summed E-state index contributed by atoms with van der Waals surface area (Å²) >= 11 is 0. The summed E-state index contributed by atoms with van der Waals surface area (Å²) in [5.41, 5.74) is 7.01. The van der Waals surface area contributed by atoms with E-state index in [1.54, 1.807) is 17.1 Å². The van der Waals surface area contributed by atoms with Crippen LogP contribution in [0.25, 0.3) is 0 Å². The second-order valence-corrected chi connectivity index (χ2v) is 4.95. The minimum atomic E-state index is -0.522. The van der Waals surface area contributed by atoms with E-state index in [0.29, 0.717) is 6.42 Å². The van der Waals surface area contributed by atoms with Crippen LogP contribution in [0.1, 0.15) is 24.5 Å². The normalized spacial score (nSPS) is 12.3. The third-order valence-electron chi connectivity index (χ3n) is 3.28. The van der Waals surface area contributed by atoms with Gasteiger partial charge >= 0.3 is 0 Å². The van der Waals surface area contributed by atoms with Gasteiger partial charge in [0, 0.05) is 18.3 Å². The Balaban J connectivity index is 2.18. The molecule has 112 valence electrons. The molecule has 0 amide bonds. The molecule has 0 aliphatic carbocycles. The summed E-state index contributed by atoms with van der Waals surface area (Å²) in [6.45, 7) is 2.15. The van der Waals surface area contributed by atoms with Crippen LogP contribution in [0.15, 0.2) is 30.6 Å². The van der Waals surface area contributed by atoms with Crippen molar-refractivity contribution in [1.29, 1.82) is 0 Å². The second-order valence-electron chi connectivity index (χ2n) is 4.95. The topological polar surface area (TPSA) is 87.0 Å². The van der Waals surface area contributed by atoms with E-state index in [4.69, 9.17) is 5.73 Å². The van der Waals surface area contributed by atoms with Crippen LogP contribution in [-0.2, 0) is 13.0 Å². The van der Waals surface area contributed by atoms with Gasteiger partial charge in [0.15, 0.2) is 0 Å². The first-order valence-corrected chi connectivity index (χ1v) is 6.69. The summed E-state index contributed by atoms with van der Waals surface area (Å²) in [6, 6.07) is 3.47. The van der Waals surface area contributed by atoms with Crippen LogP contribution in [0, 0.1) is 15.9 Å². The zero-order chi connectivity index (χ0) is 15.4. The van der Waals surface area contributed by atoms with E-state index >= 15 is 0 Å². The van der Waals surface area contributed by atoms with Crippen LogP contribution in [0.2, 0.25) is 0 Å². The molecule has 0 radical (unpaired) electrons. The van der Waals surface area contributed by atoms with Gasteiger partial charge in [-0.1, -0.05) is 6.92 Å². The number of aromatic nitrogens is 2. The molecule has 1 atom stereocenters. The summed E-state index contributed by atoms with van der Waals surface area (Å²) in [5, 5.41) is 15.1. The molecule has 2 N–H and O–H groups in total. The lowest BCUT2D eigenvalue weighted by atomic mass is 10.1. The summed E-state index contributed by atoms with van der Waals surface area (Å²) in [5.74, 6) is -0.504. The molecule has 2 rings (SSSR count). The second kappa shape index (κ2) is 6.45. The SMILES string of the molecule is CCC(N)Cc1cnn(Cc2cc(F)ccc2[N+](=O)[O-])c1. The molecule has 0 saturated heterocycles. The Labute approximate surface area is 121 Å². The zero-order valence-corrected chi connectivity index (χ0v) is 11.7. The molecule has 1 aromatic heterocycles. The van der Waals surface area contributed by atoms with Gasteiger partial charge in [-0.15, -0.1) is 0 Å². The molecule has 1 aromatic carbocycles. The number of rotatable bonds is 6. The Morgan fingerprint density at radius 1 is 1.52 bits per heavy atom. The molecule has 7 heteroatoms. The Hall–Kier alpha value is -2.28. The zero-order valence-electron chi connectivity index (χ0n) is 11.7. The predicted molar refractivity (Wildman–Crippen MR) is 76.4 cm³/mol. The van der Waals surface area contributed by atoms with Crippen molar-refractivity contribution in [2.75, 3.05) is 0 Å². The monoisotopic (exact) mass is 292 g/mol. The summed E-state index contributed by atoms with van der Waals surface area (Å²) < 4.78 is 14.8. The molecule has 1 unspecified atom stereocenters. The van der Waals surface area contributed by atoms with E-state index in [-0.39, 0.29) is 23.8 Å². The van der Waals surface area contributed by atoms with Crippen molar-refractivity contribution in [3.8, 4) is 0 Å². The third kappa shape index (κ3) is 3.85. The Morgan fingerprint density at radius 2 is 2.29 bits per heavy atom. The first kappa shape index (κ1) is 15.1. The molecule has 0 fully saturated rings. The van der Waals surface area contributed by atoms with E-state index < -0.39 is 10.7 Å². The minimum absolute atomic E-state index is 0.0613. The highest BCUT2D eigenvalue weighted by molar-refractivity contribution is 5.40. The quantitative estimate of drug-likeness (QED) is 0.653. The molecule has 0 aliphatic heterocycles. The van der Waals surface area contributed by atoms with Crippen molar-refractivity contribution in [1.82, 2.24) is 9.78 Å². The molecular formula is C14H17FN4O2.